The molecule has 4 rings (SSSR count). The number of alkyl halides is 2. The zero-order valence-corrected chi connectivity index (χ0v) is 15.2. The SMILES string of the molecule is O=c1cc(-c2cccnc2)nc(-c2ccc(CN3CCC(F)(F)CC3)cc2)[nH]1. The van der Waals surface area contributed by atoms with Gasteiger partial charge in [-0.05, 0) is 17.7 Å². The van der Waals surface area contributed by atoms with E-state index in [4.69, 9.17) is 0 Å². The molecule has 2 aromatic heterocycles. The lowest BCUT2D eigenvalue weighted by molar-refractivity contribution is -0.0566. The minimum absolute atomic E-state index is 0.0859. The number of hydrogen-bond donors (Lipinski definition) is 1. The van der Waals surface area contributed by atoms with Crippen molar-refractivity contribution in [3.63, 3.8) is 0 Å². The van der Waals surface area contributed by atoms with Gasteiger partial charge in [0.2, 0.25) is 0 Å². The van der Waals surface area contributed by atoms with E-state index in [9.17, 15) is 13.6 Å². The van der Waals surface area contributed by atoms with Crippen LogP contribution in [0.15, 0.2) is 59.7 Å². The van der Waals surface area contributed by atoms with Gasteiger partial charge in [0.25, 0.3) is 11.5 Å². The zero-order valence-electron chi connectivity index (χ0n) is 15.2. The first-order valence-electron chi connectivity index (χ1n) is 9.20. The number of nitrogens with one attached hydrogen (secondary N) is 1. The lowest BCUT2D eigenvalue weighted by atomic mass is 10.1. The molecule has 0 atom stereocenters. The van der Waals surface area contributed by atoms with Crippen LogP contribution in [0, 0.1) is 0 Å². The molecule has 144 valence electrons. The third-order valence-corrected chi connectivity index (χ3v) is 4.92. The largest absolute Gasteiger partial charge is 0.306 e. The third kappa shape index (κ3) is 4.31. The molecule has 0 aliphatic carbocycles. The number of likely N-dealkylation sites (tertiary alicyclic amines) is 1. The van der Waals surface area contributed by atoms with Gasteiger partial charge in [-0.25, -0.2) is 13.8 Å². The van der Waals surface area contributed by atoms with Crippen LogP contribution in [0.25, 0.3) is 22.6 Å². The van der Waals surface area contributed by atoms with Crippen LogP contribution in [0.3, 0.4) is 0 Å². The van der Waals surface area contributed by atoms with Crippen molar-refractivity contribution in [1.29, 1.82) is 0 Å². The zero-order chi connectivity index (χ0) is 19.6. The molecule has 0 radical (unpaired) electrons. The highest BCUT2D eigenvalue weighted by Gasteiger charge is 2.33. The van der Waals surface area contributed by atoms with Crippen molar-refractivity contribution in [2.45, 2.75) is 25.3 Å². The topological polar surface area (TPSA) is 61.9 Å². The predicted molar refractivity (Wildman–Crippen MR) is 103 cm³/mol. The molecule has 1 aromatic carbocycles. The Kier molecular flexibility index (Phi) is 5.00. The lowest BCUT2D eigenvalue weighted by Gasteiger charge is -2.31. The summed E-state index contributed by atoms with van der Waals surface area (Å²) in [6, 6.07) is 12.8. The highest BCUT2D eigenvalue weighted by Crippen LogP contribution is 2.28. The summed E-state index contributed by atoms with van der Waals surface area (Å²) in [6.07, 6.45) is 3.16. The normalized spacial score (nSPS) is 16.8. The maximum absolute atomic E-state index is 13.3. The summed E-state index contributed by atoms with van der Waals surface area (Å²) in [6.45, 7) is 1.43. The highest BCUT2D eigenvalue weighted by atomic mass is 19.3. The summed E-state index contributed by atoms with van der Waals surface area (Å²) >= 11 is 0. The van der Waals surface area contributed by atoms with E-state index in [0.29, 0.717) is 31.2 Å². The van der Waals surface area contributed by atoms with Gasteiger partial charge in [0.1, 0.15) is 5.82 Å². The molecule has 1 N–H and O–H groups in total. The Morgan fingerprint density at radius 3 is 2.50 bits per heavy atom. The summed E-state index contributed by atoms with van der Waals surface area (Å²) in [5, 5.41) is 0. The van der Waals surface area contributed by atoms with E-state index < -0.39 is 5.92 Å². The van der Waals surface area contributed by atoms with E-state index in [1.807, 2.05) is 35.2 Å². The first kappa shape index (κ1) is 18.4. The second kappa shape index (κ2) is 7.59. The number of H-pyrrole nitrogens is 1. The van der Waals surface area contributed by atoms with Crippen molar-refractivity contribution < 1.29 is 8.78 Å². The Morgan fingerprint density at radius 2 is 1.82 bits per heavy atom. The molecular weight excluding hydrogens is 362 g/mol. The Bertz CT molecular complexity index is 993. The molecule has 1 aliphatic heterocycles. The number of hydrogen-bond acceptors (Lipinski definition) is 4. The minimum Gasteiger partial charge on any atom is -0.306 e. The monoisotopic (exact) mass is 382 g/mol. The fourth-order valence-corrected chi connectivity index (χ4v) is 3.32. The highest BCUT2D eigenvalue weighted by molar-refractivity contribution is 5.62. The summed E-state index contributed by atoms with van der Waals surface area (Å²) in [5.41, 5.74) is 2.93. The average Bonchev–Trinajstić information content (AvgIpc) is 2.70. The quantitative estimate of drug-likeness (QED) is 0.747. The van der Waals surface area contributed by atoms with Crippen LogP contribution in [0.4, 0.5) is 8.78 Å². The fourth-order valence-electron chi connectivity index (χ4n) is 3.32. The molecule has 0 spiro atoms. The third-order valence-electron chi connectivity index (χ3n) is 4.92. The fraction of sp³-hybridized carbons (Fsp3) is 0.286. The van der Waals surface area contributed by atoms with Crippen molar-refractivity contribution in [2.75, 3.05) is 13.1 Å². The van der Waals surface area contributed by atoms with Gasteiger partial charge in [0, 0.05) is 62.1 Å². The van der Waals surface area contributed by atoms with Gasteiger partial charge in [0.05, 0.1) is 5.69 Å². The Hall–Kier alpha value is -2.93. The molecule has 28 heavy (non-hydrogen) atoms. The van der Waals surface area contributed by atoms with Gasteiger partial charge in [-0.2, -0.15) is 0 Å². The molecule has 0 amide bonds. The summed E-state index contributed by atoms with van der Waals surface area (Å²) in [5.74, 6) is -2.05. The number of aromatic nitrogens is 3. The smallest absolute Gasteiger partial charge is 0.251 e. The van der Waals surface area contributed by atoms with E-state index in [1.54, 1.807) is 18.5 Å². The van der Waals surface area contributed by atoms with Crippen molar-refractivity contribution >= 4 is 0 Å². The van der Waals surface area contributed by atoms with Gasteiger partial charge in [-0.3, -0.25) is 14.7 Å². The van der Waals surface area contributed by atoms with Gasteiger partial charge in [0.15, 0.2) is 0 Å². The van der Waals surface area contributed by atoms with Gasteiger partial charge >= 0.3 is 0 Å². The van der Waals surface area contributed by atoms with Crippen LogP contribution in [0.5, 0.6) is 0 Å². The van der Waals surface area contributed by atoms with Crippen LogP contribution in [-0.4, -0.2) is 38.9 Å². The van der Waals surface area contributed by atoms with Gasteiger partial charge in [-0.15, -0.1) is 0 Å². The van der Waals surface area contributed by atoms with Crippen molar-refractivity contribution in [1.82, 2.24) is 19.9 Å². The van der Waals surface area contributed by atoms with Crippen molar-refractivity contribution in [3.05, 3.63) is 70.8 Å². The van der Waals surface area contributed by atoms with Gasteiger partial charge in [-0.1, -0.05) is 24.3 Å². The second-order valence-electron chi connectivity index (χ2n) is 7.05. The first-order chi connectivity index (χ1) is 13.5. The second-order valence-corrected chi connectivity index (χ2v) is 7.05. The van der Waals surface area contributed by atoms with Crippen LogP contribution in [0.1, 0.15) is 18.4 Å². The molecule has 0 bridgehead atoms. The molecule has 7 heteroatoms. The number of benzene rings is 1. The van der Waals surface area contributed by atoms with Crippen LogP contribution < -0.4 is 5.56 Å². The average molecular weight is 382 g/mol. The summed E-state index contributed by atoms with van der Waals surface area (Å²) in [4.78, 5) is 25.5. The number of pyridine rings is 1. The molecule has 5 nitrogen and oxygen atoms in total. The summed E-state index contributed by atoms with van der Waals surface area (Å²) in [7, 11) is 0. The summed E-state index contributed by atoms with van der Waals surface area (Å²) < 4.78 is 26.6. The predicted octanol–water partition coefficient (Wildman–Crippen LogP) is 3.73. The number of halogens is 2. The molecule has 1 aliphatic rings. The molecule has 0 saturated carbocycles. The number of nitrogens with zero attached hydrogens (tertiary/aromatic N) is 3. The van der Waals surface area contributed by atoms with E-state index in [0.717, 1.165) is 16.7 Å². The number of piperidine rings is 1. The van der Waals surface area contributed by atoms with Crippen LogP contribution in [-0.2, 0) is 6.54 Å². The molecule has 3 heterocycles. The van der Waals surface area contributed by atoms with E-state index in [2.05, 4.69) is 15.0 Å². The van der Waals surface area contributed by atoms with Crippen molar-refractivity contribution in [2.24, 2.45) is 0 Å². The maximum Gasteiger partial charge on any atom is 0.251 e. The van der Waals surface area contributed by atoms with Crippen molar-refractivity contribution in [3.8, 4) is 22.6 Å². The number of aromatic amines is 1. The molecule has 1 saturated heterocycles. The van der Waals surface area contributed by atoms with E-state index in [1.165, 1.54) is 6.07 Å². The van der Waals surface area contributed by atoms with Crippen LogP contribution in [0.2, 0.25) is 0 Å². The van der Waals surface area contributed by atoms with E-state index in [-0.39, 0.29) is 18.4 Å². The molecule has 1 fully saturated rings. The van der Waals surface area contributed by atoms with Crippen LogP contribution >= 0.6 is 0 Å². The Morgan fingerprint density at radius 1 is 1.07 bits per heavy atom. The molecular formula is C21H20F2N4O. The van der Waals surface area contributed by atoms with Gasteiger partial charge < -0.3 is 4.98 Å². The number of rotatable bonds is 4. The lowest BCUT2D eigenvalue weighted by Crippen LogP contribution is -2.38. The van der Waals surface area contributed by atoms with E-state index >= 15 is 0 Å². The standard InChI is InChI=1S/C21H20F2N4O/c22-21(23)7-10-27(11-8-21)14-15-3-5-16(6-4-15)20-25-18(12-19(28)26-20)17-2-1-9-24-13-17/h1-6,9,12-13H,7-8,10-11,14H2,(H,25,26,28). The Labute approximate surface area is 161 Å². The molecule has 0 unspecified atom stereocenters. The maximum atomic E-state index is 13.3. The first-order valence-corrected chi connectivity index (χ1v) is 9.20. The Balaban J connectivity index is 1.51. The molecule has 3 aromatic rings. The minimum atomic E-state index is -2.53.